The first-order valence-corrected chi connectivity index (χ1v) is 2.41. The molecule has 1 fully saturated rings. The third-order valence-corrected chi connectivity index (χ3v) is 0.957. The minimum atomic E-state index is 0. The first kappa shape index (κ1) is 6.88. The minimum absolute atomic E-state index is 0. The SMILES string of the molecule is C1CNCCN1.[N]. The molecule has 0 amide bonds. The van der Waals surface area contributed by atoms with Gasteiger partial charge in [-0.3, -0.25) is 0 Å². The predicted octanol–water partition coefficient (Wildman–Crippen LogP) is -1.30. The van der Waals surface area contributed by atoms with E-state index in [1.807, 2.05) is 0 Å². The van der Waals surface area contributed by atoms with Crippen LogP contribution in [0.1, 0.15) is 0 Å². The molecule has 1 aliphatic heterocycles. The molecule has 0 aromatic heterocycles. The van der Waals surface area contributed by atoms with Crippen LogP contribution in [-0.2, 0) is 0 Å². The molecular weight excluding hydrogens is 90.1 g/mol. The molecule has 3 nitrogen and oxygen atoms in total. The molecule has 3 radical (unpaired) electrons. The summed E-state index contributed by atoms with van der Waals surface area (Å²) in [6.07, 6.45) is 0. The van der Waals surface area contributed by atoms with Crippen LogP contribution in [-0.4, -0.2) is 26.2 Å². The van der Waals surface area contributed by atoms with Gasteiger partial charge >= 0.3 is 0 Å². The van der Waals surface area contributed by atoms with Crippen molar-refractivity contribution in [2.75, 3.05) is 26.2 Å². The standard InChI is InChI=1S/C4H10N2.N/c1-2-6-4-3-5-1;/h5-6H,1-4H2;. The number of hydrogen-bond acceptors (Lipinski definition) is 2. The van der Waals surface area contributed by atoms with Crippen molar-refractivity contribution in [2.45, 2.75) is 0 Å². The van der Waals surface area contributed by atoms with Crippen molar-refractivity contribution < 1.29 is 0 Å². The van der Waals surface area contributed by atoms with Gasteiger partial charge in [-0.1, -0.05) is 0 Å². The lowest BCUT2D eigenvalue weighted by atomic mass is 10.4. The minimum Gasteiger partial charge on any atom is -0.314 e. The van der Waals surface area contributed by atoms with Crippen LogP contribution in [0, 0.1) is 0 Å². The van der Waals surface area contributed by atoms with Crippen molar-refractivity contribution in [2.24, 2.45) is 0 Å². The van der Waals surface area contributed by atoms with Gasteiger partial charge in [0.25, 0.3) is 0 Å². The summed E-state index contributed by atoms with van der Waals surface area (Å²) in [4.78, 5) is 0. The van der Waals surface area contributed by atoms with Crippen molar-refractivity contribution in [1.29, 1.82) is 0 Å². The van der Waals surface area contributed by atoms with Crippen molar-refractivity contribution in [1.82, 2.24) is 16.8 Å². The molecule has 1 rings (SSSR count). The molecule has 0 bridgehead atoms. The first-order valence-electron chi connectivity index (χ1n) is 2.41. The average molecular weight is 100 g/mol. The second-order valence-electron chi connectivity index (χ2n) is 1.50. The van der Waals surface area contributed by atoms with E-state index in [1.54, 1.807) is 0 Å². The lowest BCUT2D eigenvalue weighted by molar-refractivity contribution is 0.534. The second kappa shape index (κ2) is 4.05. The van der Waals surface area contributed by atoms with E-state index in [0.717, 1.165) is 26.2 Å². The fourth-order valence-electron chi connectivity index (χ4n) is 0.604. The fourth-order valence-corrected chi connectivity index (χ4v) is 0.604. The Morgan fingerprint density at radius 1 is 0.714 bits per heavy atom. The van der Waals surface area contributed by atoms with Crippen LogP contribution >= 0.6 is 0 Å². The van der Waals surface area contributed by atoms with Gasteiger partial charge in [0.15, 0.2) is 0 Å². The molecular formula is C4H10N3. The number of rotatable bonds is 0. The molecule has 7 heavy (non-hydrogen) atoms. The summed E-state index contributed by atoms with van der Waals surface area (Å²) >= 11 is 0. The van der Waals surface area contributed by atoms with E-state index in [-0.39, 0.29) is 6.15 Å². The van der Waals surface area contributed by atoms with E-state index >= 15 is 0 Å². The van der Waals surface area contributed by atoms with Gasteiger partial charge in [0.2, 0.25) is 0 Å². The van der Waals surface area contributed by atoms with E-state index < -0.39 is 0 Å². The van der Waals surface area contributed by atoms with E-state index in [4.69, 9.17) is 0 Å². The summed E-state index contributed by atoms with van der Waals surface area (Å²) in [5.41, 5.74) is 0. The van der Waals surface area contributed by atoms with Gasteiger partial charge in [-0.15, -0.1) is 0 Å². The Kier molecular flexibility index (Phi) is 3.98. The largest absolute Gasteiger partial charge is 0.314 e. The maximum absolute atomic E-state index is 3.22. The number of nitrogens with one attached hydrogen (secondary N) is 2. The molecule has 1 aliphatic rings. The van der Waals surface area contributed by atoms with Crippen LogP contribution in [0.5, 0.6) is 0 Å². The maximum Gasteiger partial charge on any atom is 0.00772 e. The van der Waals surface area contributed by atoms with Gasteiger partial charge < -0.3 is 10.6 Å². The molecule has 0 spiro atoms. The van der Waals surface area contributed by atoms with Crippen molar-refractivity contribution in [3.8, 4) is 0 Å². The highest BCUT2D eigenvalue weighted by atomic mass is 15.0. The Bertz CT molecular complexity index is 22.4. The Morgan fingerprint density at radius 3 is 1.14 bits per heavy atom. The Hall–Kier alpha value is -0.120. The summed E-state index contributed by atoms with van der Waals surface area (Å²) in [5.74, 6) is 0. The zero-order valence-corrected chi connectivity index (χ0v) is 4.28. The summed E-state index contributed by atoms with van der Waals surface area (Å²) < 4.78 is 0. The summed E-state index contributed by atoms with van der Waals surface area (Å²) in [6, 6.07) is 0. The van der Waals surface area contributed by atoms with Gasteiger partial charge in [-0.2, -0.15) is 0 Å². The van der Waals surface area contributed by atoms with Crippen molar-refractivity contribution in [3.05, 3.63) is 0 Å². The molecule has 0 aliphatic carbocycles. The van der Waals surface area contributed by atoms with Crippen LogP contribution in [0.15, 0.2) is 0 Å². The summed E-state index contributed by atoms with van der Waals surface area (Å²) in [5, 5.41) is 6.44. The molecule has 0 saturated carbocycles. The molecule has 41 valence electrons. The van der Waals surface area contributed by atoms with Gasteiger partial charge in [-0.25, -0.2) is 0 Å². The zero-order valence-electron chi connectivity index (χ0n) is 4.28. The zero-order chi connectivity index (χ0) is 4.24. The topological polar surface area (TPSA) is 54.6 Å². The highest BCUT2D eigenvalue weighted by Gasteiger charge is 1.91. The quantitative estimate of drug-likeness (QED) is 0.397. The third kappa shape index (κ3) is 2.56. The number of piperazine rings is 1. The summed E-state index contributed by atoms with van der Waals surface area (Å²) in [7, 11) is 0. The monoisotopic (exact) mass is 100 g/mol. The van der Waals surface area contributed by atoms with Crippen LogP contribution < -0.4 is 16.8 Å². The molecule has 1 saturated heterocycles. The molecule has 3 heteroatoms. The van der Waals surface area contributed by atoms with E-state index in [0.29, 0.717) is 0 Å². The maximum atomic E-state index is 3.22. The van der Waals surface area contributed by atoms with Gasteiger partial charge in [0.05, 0.1) is 0 Å². The first-order chi connectivity index (χ1) is 3.00. The fraction of sp³-hybridized carbons (Fsp3) is 1.00. The van der Waals surface area contributed by atoms with E-state index in [1.165, 1.54) is 0 Å². The Morgan fingerprint density at radius 2 is 1.00 bits per heavy atom. The highest BCUT2D eigenvalue weighted by molar-refractivity contribution is 4.59. The van der Waals surface area contributed by atoms with Gasteiger partial charge in [0.1, 0.15) is 0 Å². The average Bonchev–Trinajstić information content (AvgIpc) is 1.72. The van der Waals surface area contributed by atoms with Crippen LogP contribution in [0.4, 0.5) is 0 Å². The normalized spacial score (nSPS) is 20.6. The highest BCUT2D eigenvalue weighted by Crippen LogP contribution is 1.65. The lowest BCUT2D eigenvalue weighted by Crippen LogP contribution is -2.39. The molecule has 1 heterocycles. The molecule has 0 unspecified atom stereocenters. The van der Waals surface area contributed by atoms with Crippen molar-refractivity contribution in [3.63, 3.8) is 0 Å². The van der Waals surface area contributed by atoms with E-state index in [9.17, 15) is 0 Å². The molecule has 0 aromatic carbocycles. The van der Waals surface area contributed by atoms with Crippen LogP contribution in [0.25, 0.3) is 0 Å². The third-order valence-electron chi connectivity index (χ3n) is 0.957. The van der Waals surface area contributed by atoms with Crippen molar-refractivity contribution >= 4 is 0 Å². The van der Waals surface area contributed by atoms with Crippen LogP contribution in [0.3, 0.4) is 0 Å². The van der Waals surface area contributed by atoms with Gasteiger partial charge in [-0.05, 0) is 0 Å². The molecule has 0 aromatic rings. The van der Waals surface area contributed by atoms with Gasteiger partial charge in [0, 0.05) is 32.3 Å². The lowest BCUT2D eigenvalue weighted by Gasteiger charge is -2.11. The second-order valence-corrected chi connectivity index (χ2v) is 1.50. The Labute approximate surface area is 44.1 Å². The smallest absolute Gasteiger partial charge is 0.00772 e. The predicted molar refractivity (Wildman–Crippen MR) is 27.9 cm³/mol. The van der Waals surface area contributed by atoms with Crippen LogP contribution in [0.2, 0.25) is 0 Å². The molecule has 0 atom stereocenters. The summed E-state index contributed by atoms with van der Waals surface area (Å²) in [6.45, 7) is 4.56. The number of hydrogen-bond donors (Lipinski definition) is 2. The Balaban J connectivity index is 0.000000360. The number of nitrogens with zero attached hydrogens (tertiary/aromatic N) is 1. The molecule has 2 N–H and O–H groups in total. The van der Waals surface area contributed by atoms with E-state index in [2.05, 4.69) is 10.6 Å².